The van der Waals surface area contributed by atoms with Crippen molar-refractivity contribution in [3.05, 3.63) is 11.9 Å². The second kappa shape index (κ2) is 5.33. The van der Waals surface area contributed by atoms with Crippen LogP contribution in [-0.4, -0.2) is 34.8 Å². The van der Waals surface area contributed by atoms with E-state index in [0.29, 0.717) is 11.4 Å². The minimum atomic E-state index is -0.444. The van der Waals surface area contributed by atoms with Gasteiger partial charge in [0, 0.05) is 6.04 Å². The van der Waals surface area contributed by atoms with Gasteiger partial charge in [0.15, 0.2) is 5.75 Å². The highest BCUT2D eigenvalue weighted by atomic mass is 16.5. The van der Waals surface area contributed by atoms with Crippen molar-refractivity contribution in [1.82, 2.24) is 15.1 Å². The number of hydrogen-bond acceptors (Lipinski definition) is 4. The fourth-order valence-electron chi connectivity index (χ4n) is 2.79. The van der Waals surface area contributed by atoms with E-state index < -0.39 is 5.54 Å². The first kappa shape index (κ1) is 14.1. The molecular weight excluding hydrogens is 242 g/mol. The number of Topliss-reactive ketones (excluding diaryl/α,β-unsaturated/α-hetero) is 1. The average molecular weight is 265 g/mol. The fourth-order valence-corrected chi connectivity index (χ4v) is 2.79. The van der Waals surface area contributed by atoms with Crippen LogP contribution < -0.4 is 10.1 Å². The number of carbonyl (C=O) groups is 1. The number of carbonyl (C=O) groups excluding carboxylic acids is 1. The molecule has 0 spiro atoms. The van der Waals surface area contributed by atoms with E-state index in [1.807, 2.05) is 13.8 Å². The van der Waals surface area contributed by atoms with Crippen LogP contribution >= 0.6 is 0 Å². The van der Waals surface area contributed by atoms with Crippen molar-refractivity contribution >= 4 is 5.78 Å². The highest BCUT2D eigenvalue weighted by Crippen LogP contribution is 2.32. The van der Waals surface area contributed by atoms with Gasteiger partial charge < -0.3 is 10.1 Å². The first-order chi connectivity index (χ1) is 9.05. The van der Waals surface area contributed by atoms with E-state index in [9.17, 15) is 4.79 Å². The predicted molar refractivity (Wildman–Crippen MR) is 73.8 cm³/mol. The topological polar surface area (TPSA) is 56.1 Å². The van der Waals surface area contributed by atoms with Crippen LogP contribution in [0.1, 0.15) is 56.6 Å². The molecule has 0 aliphatic carbocycles. The van der Waals surface area contributed by atoms with Gasteiger partial charge in [-0.05, 0) is 39.7 Å². The molecule has 2 rings (SSSR count). The van der Waals surface area contributed by atoms with E-state index in [4.69, 9.17) is 4.74 Å². The summed E-state index contributed by atoms with van der Waals surface area (Å²) in [6, 6.07) is 0.137. The van der Waals surface area contributed by atoms with Crippen LogP contribution in [0.15, 0.2) is 6.20 Å². The third-order valence-corrected chi connectivity index (χ3v) is 3.97. The summed E-state index contributed by atoms with van der Waals surface area (Å²) in [6.45, 7) is 6.99. The SMILES string of the molecule is CCC1(C(=O)c2c(OC)cnn2C(C)C)CCCN1. The van der Waals surface area contributed by atoms with Crippen molar-refractivity contribution in [3.63, 3.8) is 0 Å². The molecule has 1 aliphatic rings. The number of rotatable bonds is 5. The molecule has 1 unspecified atom stereocenters. The zero-order chi connectivity index (χ0) is 14.0. The number of ketones is 1. The minimum absolute atomic E-state index is 0.107. The van der Waals surface area contributed by atoms with Crippen molar-refractivity contribution < 1.29 is 9.53 Å². The molecular formula is C14H23N3O2. The number of aromatic nitrogens is 2. The number of nitrogens with zero attached hydrogens (tertiary/aromatic N) is 2. The van der Waals surface area contributed by atoms with Gasteiger partial charge in [0.1, 0.15) is 5.69 Å². The fraction of sp³-hybridized carbons (Fsp3) is 0.714. The van der Waals surface area contributed by atoms with E-state index in [1.165, 1.54) is 0 Å². The van der Waals surface area contributed by atoms with Gasteiger partial charge in [-0.1, -0.05) is 6.92 Å². The van der Waals surface area contributed by atoms with Crippen molar-refractivity contribution in [2.24, 2.45) is 0 Å². The molecule has 19 heavy (non-hydrogen) atoms. The Morgan fingerprint density at radius 2 is 2.37 bits per heavy atom. The van der Waals surface area contributed by atoms with Crippen LogP contribution in [0.4, 0.5) is 0 Å². The van der Waals surface area contributed by atoms with Crippen molar-refractivity contribution in [2.75, 3.05) is 13.7 Å². The minimum Gasteiger partial charge on any atom is -0.493 e. The predicted octanol–water partition coefficient (Wildman–Crippen LogP) is 2.19. The maximum Gasteiger partial charge on any atom is 0.204 e. The summed E-state index contributed by atoms with van der Waals surface area (Å²) >= 11 is 0. The third-order valence-electron chi connectivity index (χ3n) is 3.97. The molecule has 0 radical (unpaired) electrons. The second-order valence-corrected chi connectivity index (χ2v) is 5.39. The normalized spacial score (nSPS) is 23.0. The van der Waals surface area contributed by atoms with E-state index in [-0.39, 0.29) is 11.8 Å². The van der Waals surface area contributed by atoms with Crippen LogP contribution in [0.3, 0.4) is 0 Å². The number of ether oxygens (including phenoxy) is 1. The maximum atomic E-state index is 13.0. The smallest absolute Gasteiger partial charge is 0.204 e. The Balaban J connectivity index is 2.45. The number of methoxy groups -OCH3 is 1. The van der Waals surface area contributed by atoms with E-state index in [0.717, 1.165) is 25.8 Å². The highest BCUT2D eigenvalue weighted by molar-refractivity contribution is 6.04. The Bertz CT molecular complexity index is 459. The Hall–Kier alpha value is -1.36. The molecule has 1 saturated heterocycles. The van der Waals surface area contributed by atoms with Crippen LogP contribution in [0.2, 0.25) is 0 Å². The molecule has 0 amide bonds. The first-order valence-corrected chi connectivity index (χ1v) is 6.97. The van der Waals surface area contributed by atoms with Crippen molar-refractivity contribution in [1.29, 1.82) is 0 Å². The standard InChI is InChI=1S/C14H23N3O2/c1-5-14(7-6-8-15-14)13(18)12-11(19-4)9-16-17(12)10(2)3/h9-10,15H,5-8H2,1-4H3. The van der Waals surface area contributed by atoms with Gasteiger partial charge in [-0.3, -0.25) is 9.48 Å². The molecule has 106 valence electrons. The lowest BCUT2D eigenvalue weighted by atomic mass is 9.87. The largest absolute Gasteiger partial charge is 0.493 e. The molecule has 5 heteroatoms. The van der Waals surface area contributed by atoms with Gasteiger partial charge in [-0.25, -0.2) is 0 Å². The van der Waals surface area contributed by atoms with Gasteiger partial charge in [-0.15, -0.1) is 0 Å². The lowest BCUT2D eigenvalue weighted by Crippen LogP contribution is -2.47. The quantitative estimate of drug-likeness (QED) is 0.829. The van der Waals surface area contributed by atoms with Crippen LogP contribution in [0.25, 0.3) is 0 Å². The summed E-state index contributed by atoms with van der Waals surface area (Å²) in [4.78, 5) is 13.0. The number of hydrogen-bond donors (Lipinski definition) is 1. The molecule has 2 heterocycles. The lowest BCUT2D eigenvalue weighted by Gasteiger charge is -2.27. The first-order valence-electron chi connectivity index (χ1n) is 6.97. The van der Waals surface area contributed by atoms with Crippen LogP contribution in [-0.2, 0) is 0 Å². The summed E-state index contributed by atoms with van der Waals surface area (Å²) in [5.74, 6) is 0.677. The Morgan fingerprint density at radius 3 is 2.84 bits per heavy atom. The maximum absolute atomic E-state index is 13.0. The van der Waals surface area contributed by atoms with E-state index in [1.54, 1.807) is 18.0 Å². The molecule has 5 nitrogen and oxygen atoms in total. The molecule has 1 N–H and O–H groups in total. The van der Waals surface area contributed by atoms with Crippen LogP contribution in [0.5, 0.6) is 5.75 Å². The Labute approximate surface area is 114 Å². The molecule has 0 saturated carbocycles. The van der Waals surface area contributed by atoms with E-state index >= 15 is 0 Å². The zero-order valence-electron chi connectivity index (χ0n) is 12.2. The van der Waals surface area contributed by atoms with Gasteiger partial charge in [0.25, 0.3) is 0 Å². The second-order valence-electron chi connectivity index (χ2n) is 5.39. The van der Waals surface area contributed by atoms with Crippen LogP contribution in [0, 0.1) is 0 Å². The molecule has 1 aromatic heterocycles. The molecule has 1 aliphatic heterocycles. The summed E-state index contributed by atoms with van der Waals surface area (Å²) in [7, 11) is 1.58. The van der Waals surface area contributed by atoms with Gasteiger partial charge >= 0.3 is 0 Å². The third kappa shape index (κ3) is 2.27. The Kier molecular flexibility index (Phi) is 3.94. The molecule has 1 aromatic rings. The molecule has 0 bridgehead atoms. The van der Waals surface area contributed by atoms with E-state index in [2.05, 4.69) is 17.3 Å². The Morgan fingerprint density at radius 1 is 1.63 bits per heavy atom. The molecule has 1 fully saturated rings. The number of nitrogens with one attached hydrogen (secondary N) is 1. The summed E-state index contributed by atoms with van der Waals surface area (Å²) in [5, 5.41) is 7.67. The zero-order valence-corrected chi connectivity index (χ0v) is 12.2. The van der Waals surface area contributed by atoms with Gasteiger partial charge in [0.2, 0.25) is 5.78 Å². The lowest BCUT2D eigenvalue weighted by molar-refractivity contribution is 0.0847. The van der Waals surface area contributed by atoms with Crippen molar-refractivity contribution in [3.8, 4) is 5.75 Å². The summed E-state index contributed by atoms with van der Waals surface area (Å²) < 4.78 is 7.08. The molecule has 1 atom stereocenters. The summed E-state index contributed by atoms with van der Waals surface area (Å²) in [5.41, 5.74) is 0.147. The summed E-state index contributed by atoms with van der Waals surface area (Å²) in [6.07, 6.45) is 4.34. The van der Waals surface area contributed by atoms with Crippen molar-refractivity contribution in [2.45, 2.75) is 51.6 Å². The average Bonchev–Trinajstić information content (AvgIpc) is 3.04. The molecule has 0 aromatic carbocycles. The highest BCUT2D eigenvalue weighted by Gasteiger charge is 2.42. The van der Waals surface area contributed by atoms with Gasteiger partial charge in [-0.2, -0.15) is 5.10 Å². The monoisotopic (exact) mass is 265 g/mol. The van der Waals surface area contributed by atoms with Gasteiger partial charge in [0.05, 0.1) is 18.8 Å².